The largest absolute Gasteiger partial charge is 0.371 e. The van der Waals surface area contributed by atoms with E-state index in [0.29, 0.717) is 6.04 Å². The molecule has 2 atom stereocenters. The summed E-state index contributed by atoms with van der Waals surface area (Å²) in [6.45, 7) is 0.727. The van der Waals surface area contributed by atoms with Gasteiger partial charge in [0.15, 0.2) is 0 Å². The summed E-state index contributed by atoms with van der Waals surface area (Å²) in [4.78, 5) is 12.7. The van der Waals surface area contributed by atoms with Gasteiger partial charge in [-0.15, -0.1) is 0 Å². The second-order valence-corrected chi connectivity index (χ2v) is 6.49. The van der Waals surface area contributed by atoms with Crippen molar-refractivity contribution < 1.29 is 9.53 Å². The smallest absolute Gasteiger partial charge is 0.268 e. The van der Waals surface area contributed by atoms with E-state index in [0.717, 1.165) is 30.7 Å². The molecule has 23 heavy (non-hydrogen) atoms. The first kappa shape index (κ1) is 14.5. The molecule has 122 valence electrons. The standard InChI is InChI=1S/C17H22N4O2/c1-20-11-12(10-18-20)16-14(4-3-9-23-16)19-17(22)15-5-2-8-21(15)13-6-7-13/h2,5,8,10-11,13-14,16H,3-4,6-7,9H2,1H3,(H,19,22)/t14-,16+/m0/s1. The van der Waals surface area contributed by atoms with Gasteiger partial charge in [-0.3, -0.25) is 9.48 Å². The monoisotopic (exact) mass is 314 g/mol. The number of rotatable bonds is 4. The van der Waals surface area contributed by atoms with Crippen molar-refractivity contribution in [1.29, 1.82) is 0 Å². The van der Waals surface area contributed by atoms with Gasteiger partial charge < -0.3 is 14.6 Å². The van der Waals surface area contributed by atoms with E-state index in [1.54, 1.807) is 4.68 Å². The number of aryl methyl sites for hydroxylation is 1. The topological polar surface area (TPSA) is 61.1 Å². The predicted octanol–water partition coefficient (Wildman–Crippen LogP) is 2.21. The second kappa shape index (κ2) is 5.85. The molecule has 2 aromatic rings. The maximum atomic E-state index is 12.7. The maximum absolute atomic E-state index is 12.7. The maximum Gasteiger partial charge on any atom is 0.268 e. The molecular weight excluding hydrogens is 292 g/mol. The fourth-order valence-electron chi connectivity index (χ4n) is 3.34. The van der Waals surface area contributed by atoms with Crippen LogP contribution in [0, 0.1) is 0 Å². The number of carbonyl (C=O) groups excluding carboxylic acids is 1. The van der Waals surface area contributed by atoms with Crippen LogP contribution < -0.4 is 5.32 Å². The van der Waals surface area contributed by atoms with Crippen LogP contribution in [0.15, 0.2) is 30.7 Å². The highest BCUT2D eigenvalue weighted by molar-refractivity contribution is 5.93. The number of hydrogen-bond donors (Lipinski definition) is 1. The Morgan fingerprint density at radius 3 is 3.00 bits per heavy atom. The lowest BCUT2D eigenvalue weighted by Crippen LogP contribution is -2.43. The molecule has 6 nitrogen and oxygen atoms in total. The summed E-state index contributed by atoms with van der Waals surface area (Å²) in [7, 11) is 1.89. The van der Waals surface area contributed by atoms with Crippen molar-refractivity contribution in [2.75, 3.05) is 6.61 Å². The Hall–Kier alpha value is -2.08. The van der Waals surface area contributed by atoms with Gasteiger partial charge in [-0.2, -0.15) is 5.10 Å². The van der Waals surface area contributed by atoms with Gasteiger partial charge in [0.05, 0.1) is 12.2 Å². The Kier molecular flexibility index (Phi) is 3.69. The highest BCUT2D eigenvalue weighted by Crippen LogP contribution is 2.36. The average molecular weight is 314 g/mol. The molecule has 1 aliphatic carbocycles. The van der Waals surface area contributed by atoms with Crippen LogP contribution >= 0.6 is 0 Å². The number of carbonyl (C=O) groups is 1. The quantitative estimate of drug-likeness (QED) is 0.941. The van der Waals surface area contributed by atoms with Crippen LogP contribution in [0.2, 0.25) is 0 Å². The van der Waals surface area contributed by atoms with Crippen molar-refractivity contribution in [3.05, 3.63) is 42.0 Å². The number of hydrogen-bond acceptors (Lipinski definition) is 3. The Morgan fingerprint density at radius 2 is 2.26 bits per heavy atom. The van der Waals surface area contributed by atoms with Gasteiger partial charge in [-0.25, -0.2) is 0 Å². The van der Waals surface area contributed by atoms with Gasteiger partial charge in [0.2, 0.25) is 0 Å². The molecule has 1 saturated carbocycles. The average Bonchev–Trinajstić information content (AvgIpc) is 3.11. The molecule has 2 fully saturated rings. The van der Waals surface area contributed by atoms with Gasteiger partial charge in [-0.05, 0) is 37.8 Å². The molecule has 0 unspecified atom stereocenters. The van der Waals surface area contributed by atoms with E-state index in [1.807, 2.05) is 37.8 Å². The minimum absolute atomic E-state index is 0.00806. The molecule has 6 heteroatoms. The number of nitrogens with zero attached hydrogens (tertiary/aromatic N) is 3. The Balaban J connectivity index is 1.51. The number of ether oxygens (including phenoxy) is 1. The van der Waals surface area contributed by atoms with Crippen LogP contribution in [-0.2, 0) is 11.8 Å². The SMILES string of the molecule is Cn1cc([C@H]2OCCC[C@@H]2NC(=O)c2cccn2C2CC2)cn1. The van der Waals surface area contributed by atoms with Gasteiger partial charge in [0, 0.05) is 37.7 Å². The van der Waals surface area contributed by atoms with Crippen molar-refractivity contribution in [1.82, 2.24) is 19.7 Å². The highest BCUT2D eigenvalue weighted by atomic mass is 16.5. The second-order valence-electron chi connectivity index (χ2n) is 6.49. The fraction of sp³-hybridized carbons (Fsp3) is 0.529. The molecule has 0 spiro atoms. The van der Waals surface area contributed by atoms with E-state index in [1.165, 1.54) is 12.8 Å². The first-order valence-electron chi connectivity index (χ1n) is 8.30. The molecule has 3 heterocycles. The minimum Gasteiger partial charge on any atom is -0.371 e. The van der Waals surface area contributed by atoms with Gasteiger partial charge in [0.1, 0.15) is 11.8 Å². The molecule has 1 amide bonds. The van der Waals surface area contributed by atoms with Gasteiger partial charge in [-0.1, -0.05) is 0 Å². The fourth-order valence-corrected chi connectivity index (χ4v) is 3.34. The van der Waals surface area contributed by atoms with Crippen molar-refractivity contribution in [3.8, 4) is 0 Å². The third-order valence-corrected chi connectivity index (χ3v) is 4.64. The zero-order valence-corrected chi connectivity index (χ0v) is 13.3. The summed E-state index contributed by atoms with van der Waals surface area (Å²) in [6.07, 6.45) is 9.89. The summed E-state index contributed by atoms with van der Waals surface area (Å²) in [6, 6.07) is 4.34. The van der Waals surface area contributed by atoms with E-state index >= 15 is 0 Å². The van der Waals surface area contributed by atoms with Crippen LogP contribution in [0.5, 0.6) is 0 Å². The molecule has 2 aromatic heterocycles. The summed E-state index contributed by atoms with van der Waals surface area (Å²) in [5.74, 6) is -0.00806. The summed E-state index contributed by atoms with van der Waals surface area (Å²) >= 11 is 0. The number of amides is 1. The molecule has 0 radical (unpaired) electrons. The van der Waals surface area contributed by atoms with Crippen molar-refractivity contribution in [2.45, 2.75) is 43.9 Å². The molecule has 0 bridgehead atoms. The molecule has 1 saturated heterocycles. The lowest BCUT2D eigenvalue weighted by atomic mass is 9.98. The zero-order valence-electron chi connectivity index (χ0n) is 13.3. The van der Waals surface area contributed by atoms with Crippen molar-refractivity contribution >= 4 is 5.91 Å². The van der Waals surface area contributed by atoms with Crippen LogP contribution in [0.25, 0.3) is 0 Å². The first-order chi connectivity index (χ1) is 11.2. The normalized spacial score (nSPS) is 24.6. The molecule has 0 aromatic carbocycles. The van der Waals surface area contributed by atoms with Crippen LogP contribution in [0.3, 0.4) is 0 Å². The Morgan fingerprint density at radius 1 is 1.39 bits per heavy atom. The van der Waals surface area contributed by atoms with Gasteiger partial charge >= 0.3 is 0 Å². The lowest BCUT2D eigenvalue weighted by molar-refractivity contribution is -0.00959. The lowest BCUT2D eigenvalue weighted by Gasteiger charge is -2.31. The van der Waals surface area contributed by atoms with Crippen molar-refractivity contribution in [2.24, 2.45) is 7.05 Å². The first-order valence-corrected chi connectivity index (χ1v) is 8.30. The van der Waals surface area contributed by atoms with Crippen LogP contribution in [0.4, 0.5) is 0 Å². The summed E-state index contributed by atoms with van der Waals surface area (Å²) in [5, 5.41) is 7.40. The Labute approximate surface area is 135 Å². The number of nitrogens with one attached hydrogen (secondary N) is 1. The summed E-state index contributed by atoms with van der Waals surface area (Å²) < 4.78 is 9.79. The van der Waals surface area contributed by atoms with Gasteiger partial charge in [0.25, 0.3) is 5.91 Å². The Bertz CT molecular complexity index is 701. The summed E-state index contributed by atoms with van der Waals surface area (Å²) in [5.41, 5.74) is 1.78. The van der Waals surface area contributed by atoms with E-state index in [4.69, 9.17) is 4.74 Å². The molecule has 2 aliphatic rings. The predicted molar refractivity (Wildman–Crippen MR) is 85.1 cm³/mol. The van der Waals surface area contributed by atoms with E-state index in [2.05, 4.69) is 15.0 Å². The molecule has 1 N–H and O–H groups in total. The van der Waals surface area contributed by atoms with Crippen LogP contribution in [0.1, 0.15) is 53.9 Å². The molecule has 1 aliphatic heterocycles. The molecular formula is C17H22N4O2. The minimum atomic E-state index is -0.120. The van der Waals surface area contributed by atoms with E-state index in [-0.39, 0.29) is 18.1 Å². The van der Waals surface area contributed by atoms with E-state index in [9.17, 15) is 4.79 Å². The van der Waals surface area contributed by atoms with Crippen molar-refractivity contribution in [3.63, 3.8) is 0 Å². The highest BCUT2D eigenvalue weighted by Gasteiger charge is 2.32. The van der Waals surface area contributed by atoms with E-state index < -0.39 is 0 Å². The number of aromatic nitrogens is 3. The van der Waals surface area contributed by atoms with Crippen LogP contribution in [-0.4, -0.2) is 32.9 Å². The third kappa shape index (κ3) is 2.91. The molecule has 4 rings (SSSR count). The third-order valence-electron chi connectivity index (χ3n) is 4.64. The zero-order chi connectivity index (χ0) is 15.8.